The van der Waals surface area contributed by atoms with Crippen LogP contribution < -0.4 is 9.62 Å². The van der Waals surface area contributed by atoms with E-state index in [4.69, 9.17) is 4.74 Å². The van der Waals surface area contributed by atoms with Gasteiger partial charge >= 0.3 is 0 Å². The van der Waals surface area contributed by atoms with E-state index in [-0.39, 0.29) is 24.7 Å². The maximum atomic E-state index is 13.5. The van der Waals surface area contributed by atoms with E-state index in [2.05, 4.69) is 5.32 Å². The number of benzene rings is 1. The van der Waals surface area contributed by atoms with Crippen molar-refractivity contribution in [2.75, 3.05) is 43.3 Å². The third-order valence-electron chi connectivity index (χ3n) is 4.56. The Morgan fingerprint density at radius 3 is 2.85 bits per heavy atom. The first kappa shape index (κ1) is 18.6. The number of halogens is 1. The van der Waals surface area contributed by atoms with Crippen molar-refractivity contribution in [1.82, 2.24) is 10.2 Å². The number of nitrogens with one attached hydrogen (secondary N) is 1. The molecule has 0 radical (unpaired) electrons. The van der Waals surface area contributed by atoms with Gasteiger partial charge in [-0.2, -0.15) is 0 Å². The van der Waals surface area contributed by atoms with E-state index in [0.717, 1.165) is 16.6 Å². The predicted molar refractivity (Wildman–Crippen MR) is 91.5 cm³/mol. The molecular weight excluding hydrogens is 365 g/mol. The largest absolute Gasteiger partial charge is 0.361 e. The molecule has 10 heteroatoms. The van der Waals surface area contributed by atoms with E-state index in [1.165, 1.54) is 23.1 Å². The van der Waals surface area contributed by atoms with Crippen LogP contribution in [0.2, 0.25) is 0 Å². The summed E-state index contributed by atoms with van der Waals surface area (Å²) < 4.78 is 44.1. The zero-order chi connectivity index (χ0) is 18.9. The van der Waals surface area contributed by atoms with Crippen LogP contribution in [0.3, 0.4) is 0 Å². The molecule has 26 heavy (non-hydrogen) atoms. The van der Waals surface area contributed by atoms with E-state index >= 15 is 0 Å². The number of nitrogens with zero attached hydrogens (tertiary/aromatic N) is 2. The van der Waals surface area contributed by atoms with Gasteiger partial charge in [-0.05, 0) is 24.6 Å². The number of sulfonamides is 1. The first-order chi connectivity index (χ1) is 12.2. The molecule has 2 aliphatic rings. The summed E-state index contributed by atoms with van der Waals surface area (Å²) in [5, 5.41) is 2.72. The molecule has 2 fully saturated rings. The standard InChI is InChI=1S/C16H20FN3O5S/c1-26(23,24)20(13-4-2-3-12(17)7-13)8-15(22)19-6-5-16(11-19)10-18-14(21)9-25-16/h2-4,7H,5-6,8-11H2,1H3,(H,18,21). The van der Waals surface area contributed by atoms with Crippen molar-refractivity contribution < 1.29 is 27.1 Å². The van der Waals surface area contributed by atoms with Crippen LogP contribution >= 0.6 is 0 Å². The van der Waals surface area contributed by atoms with E-state index in [0.29, 0.717) is 19.5 Å². The van der Waals surface area contributed by atoms with E-state index in [9.17, 15) is 22.4 Å². The first-order valence-corrected chi connectivity index (χ1v) is 9.95. The number of morpholine rings is 1. The van der Waals surface area contributed by atoms with Gasteiger partial charge in [0.2, 0.25) is 21.8 Å². The van der Waals surface area contributed by atoms with Gasteiger partial charge in [-0.15, -0.1) is 0 Å². The lowest BCUT2D eigenvalue weighted by atomic mass is 10.0. The number of hydrogen-bond donors (Lipinski definition) is 1. The number of ether oxygens (including phenoxy) is 1. The van der Waals surface area contributed by atoms with Gasteiger partial charge < -0.3 is 15.0 Å². The molecule has 142 valence electrons. The Labute approximate surface area is 151 Å². The third-order valence-corrected chi connectivity index (χ3v) is 5.70. The molecule has 3 rings (SSSR count). The Balaban J connectivity index is 1.72. The molecule has 1 spiro atoms. The van der Waals surface area contributed by atoms with Crippen LogP contribution in [0.4, 0.5) is 10.1 Å². The molecule has 1 N–H and O–H groups in total. The van der Waals surface area contributed by atoms with Crippen LogP contribution in [-0.4, -0.2) is 69.8 Å². The second-order valence-electron chi connectivity index (χ2n) is 6.56. The quantitative estimate of drug-likeness (QED) is 0.768. The van der Waals surface area contributed by atoms with E-state index < -0.39 is 33.9 Å². The molecule has 2 amide bonds. The number of anilines is 1. The molecule has 2 saturated heterocycles. The highest BCUT2D eigenvalue weighted by Gasteiger charge is 2.44. The fourth-order valence-electron chi connectivity index (χ4n) is 3.15. The van der Waals surface area contributed by atoms with Gasteiger partial charge in [0.05, 0.1) is 18.5 Å². The summed E-state index contributed by atoms with van der Waals surface area (Å²) in [5.74, 6) is -1.19. The zero-order valence-electron chi connectivity index (χ0n) is 14.3. The summed E-state index contributed by atoms with van der Waals surface area (Å²) in [6.45, 7) is 0.503. The number of likely N-dealkylation sites (tertiary alicyclic amines) is 1. The molecule has 0 aromatic heterocycles. The Morgan fingerprint density at radius 1 is 1.46 bits per heavy atom. The van der Waals surface area contributed by atoms with Crippen molar-refractivity contribution in [2.24, 2.45) is 0 Å². The van der Waals surface area contributed by atoms with Gasteiger partial charge in [0.25, 0.3) is 0 Å². The van der Waals surface area contributed by atoms with Crippen molar-refractivity contribution in [1.29, 1.82) is 0 Å². The van der Waals surface area contributed by atoms with E-state index in [1.54, 1.807) is 0 Å². The number of amides is 2. The fraction of sp³-hybridized carbons (Fsp3) is 0.500. The minimum absolute atomic E-state index is 0.0548. The lowest BCUT2D eigenvalue weighted by molar-refractivity contribution is -0.143. The van der Waals surface area contributed by atoms with Crippen LogP contribution in [0.25, 0.3) is 0 Å². The van der Waals surface area contributed by atoms with Gasteiger partial charge in [0, 0.05) is 13.1 Å². The highest BCUT2D eigenvalue weighted by molar-refractivity contribution is 7.92. The van der Waals surface area contributed by atoms with Gasteiger partial charge in [0.1, 0.15) is 24.6 Å². The maximum absolute atomic E-state index is 13.5. The molecule has 0 saturated carbocycles. The topological polar surface area (TPSA) is 96.0 Å². The Bertz CT molecular complexity index is 819. The normalized spacial score (nSPS) is 23.2. The van der Waals surface area contributed by atoms with Gasteiger partial charge in [-0.3, -0.25) is 13.9 Å². The van der Waals surface area contributed by atoms with Crippen molar-refractivity contribution in [3.8, 4) is 0 Å². The molecule has 1 atom stereocenters. The van der Waals surface area contributed by atoms with Crippen molar-refractivity contribution in [2.45, 2.75) is 12.0 Å². The SMILES string of the molecule is CS(=O)(=O)N(CC(=O)N1CCC2(CNC(=O)CO2)C1)c1cccc(F)c1. The minimum Gasteiger partial charge on any atom is -0.361 e. The summed E-state index contributed by atoms with van der Waals surface area (Å²) >= 11 is 0. The number of carbonyl (C=O) groups excluding carboxylic acids is 2. The first-order valence-electron chi connectivity index (χ1n) is 8.10. The lowest BCUT2D eigenvalue weighted by Crippen LogP contribution is -2.54. The van der Waals surface area contributed by atoms with Crippen LogP contribution in [0, 0.1) is 5.82 Å². The molecule has 1 aromatic rings. The highest BCUT2D eigenvalue weighted by Crippen LogP contribution is 2.27. The van der Waals surface area contributed by atoms with Gasteiger partial charge in [-0.1, -0.05) is 6.07 Å². The molecule has 2 aliphatic heterocycles. The third kappa shape index (κ3) is 3.96. The van der Waals surface area contributed by atoms with Crippen molar-refractivity contribution >= 4 is 27.5 Å². The summed E-state index contributed by atoms with van der Waals surface area (Å²) in [6, 6.07) is 5.09. The Morgan fingerprint density at radius 2 is 2.23 bits per heavy atom. The molecule has 0 bridgehead atoms. The second-order valence-corrected chi connectivity index (χ2v) is 8.47. The monoisotopic (exact) mass is 385 g/mol. The molecule has 0 aliphatic carbocycles. The Kier molecular flexibility index (Phi) is 4.89. The summed E-state index contributed by atoms with van der Waals surface area (Å²) in [7, 11) is -3.77. The number of rotatable bonds is 4. The minimum atomic E-state index is -3.77. The Hall–Kier alpha value is -2.20. The summed E-state index contributed by atoms with van der Waals surface area (Å²) in [4.78, 5) is 25.4. The van der Waals surface area contributed by atoms with Gasteiger partial charge in [-0.25, -0.2) is 12.8 Å². The smallest absolute Gasteiger partial charge is 0.246 e. The number of carbonyl (C=O) groups is 2. The maximum Gasteiger partial charge on any atom is 0.246 e. The average molecular weight is 385 g/mol. The highest BCUT2D eigenvalue weighted by atomic mass is 32.2. The number of hydrogen-bond acceptors (Lipinski definition) is 5. The summed E-state index contributed by atoms with van der Waals surface area (Å²) in [5.41, 5.74) is -0.533. The van der Waals surface area contributed by atoms with Gasteiger partial charge in [0.15, 0.2) is 0 Å². The predicted octanol–water partition coefficient (Wildman–Crippen LogP) is -0.291. The second kappa shape index (κ2) is 6.84. The average Bonchev–Trinajstić information content (AvgIpc) is 2.98. The molecule has 1 unspecified atom stereocenters. The fourth-order valence-corrected chi connectivity index (χ4v) is 4.00. The zero-order valence-corrected chi connectivity index (χ0v) is 15.1. The molecule has 1 aromatic carbocycles. The molecular formula is C16H20FN3O5S. The van der Waals surface area contributed by atoms with Crippen LogP contribution in [0.1, 0.15) is 6.42 Å². The molecule has 8 nitrogen and oxygen atoms in total. The van der Waals surface area contributed by atoms with Crippen LogP contribution in [-0.2, 0) is 24.3 Å². The summed E-state index contributed by atoms with van der Waals surface area (Å²) in [6.07, 6.45) is 1.52. The van der Waals surface area contributed by atoms with E-state index in [1.807, 2.05) is 0 Å². The van der Waals surface area contributed by atoms with Crippen LogP contribution in [0.15, 0.2) is 24.3 Å². The lowest BCUT2D eigenvalue weighted by Gasteiger charge is -2.33. The molecule has 2 heterocycles. The van der Waals surface area contributed by atoms with Crippen molar-refractivity contribution in [3.05, 3.63) is 30.1 Å². The van der Waals surface area contributed by atoms with Crippen LogP contribution in [0.5, 0.6) is 0 Å². The van der Waals surface area contributed by atoms with Crippen molar-refractivity contribution in [3.63, 3.8) is 0 Å².